The Kier molecular flexibility index (Phi) is 8.62. The van der Waals surface area contributed by atoms with Crippen molar-refractivity contribution >= 4 is 23.3 Å². The van der Waals surface area contributed by atoms with Gasteiger partial charge in [-0.15, -0.1) is 11.3 Å². The summed E-state index contributed by atoms with van der Waals surface area (Å²) in [6.07, 6.45) is 0. The molecule has 0 atom stereocenters. The number of amides is 3. The van der Waals surface area contributed by atoms with Crippen LogP contribution in [0.5, 0.6) is 0 Å². The summed E-state index contributed by atoms with van der Waals surface area (Å²) in [7, 11) is 0. The van der Waals surface area contributed by atoms with Crippen LogP contribution in [0.3, 0.4) is 0 Å². The molecule has 0 fully saturated rings. The quantitative estimate of drug-likeness (QED) is 0.605. The average Bonchev–Trinajstić information content (AvgIpc) is 3.05. The van der Waals surface area contributed by atoms with Gasteiger partial charge in [0, 0.05) is 23.5 Å². The monoisotopic (exact) mass is 447 g/mol. The van der Waals surface area contributed by atoms with Crippen molar-refractivity contribution in [3.8, 4) is 0 Å². The van der Waals surface area contributed by atoms with E-state index in [9.17, 15) is 14.0 Å². The van der Waals surface area contributed by atoms with Crippen LogP contribution in [-0.2, 0) is 17.9 Å². The number of nitrogens with one attached hydrogen (secondary N) is 1. The minimum absolute atomic E-state index is 0.00822. The third kappa shape index (κ3) is 8.32. The van der Waals surface area contributed by atoms with Crippen molar-refractivity contribution < 1.29 is 14.0 Å². The van der Waals surface area contributed by atoms with Crippen LogP contribution >= 0.6 is 11.3 Å². The highest BCUT2D eigenvalue weighted by molar-refractivity contribution is 7.10. The lowest BCUT2D eigenvalue weighted by Crippen LogP contribution is -2.52. The Morgan fingerprint density at radius 1 is 1.06 bits per heavy atom. The number of nitrogens with zero attached hydrogens (tertiary/aromatic N) is 2. The van der Waals surface area contributed by atoms with Crippen molar-refractivity contribution in [2.75, 3.05) is 13.1 Å². The zero-order chi connectivity index (χ0) is 23.2. The second-order valence-electron chi connectivity index (χ2n) is 9.36. The highest BCUT2D eigenvalue weighted by atomic mass is 32.1. The second kappa shape index (κ2) is 10.8. The molecule has 0 spiro atoms. The lowest BCUT2D eigenvalue weighted by molar-refractivity contribution is -0.133. The lowest BCUT2D eigenvalue weighted by atomic mass is 10.1. The summed E-state index contributed by atoms with van der Waals surface area (Å²) < 4.78 is 13.3. The molecule has 0 saturated carbocycles. The molecule has 3 amide bonds. The largest absolute Gasteiger partial charge is 0.333 e. The molecule has 0 unspecified atom stereocenters. The van der Waals surface area contributed by atoms with Gasteiger partial charge in [0.05, 0.1) is 6.54 Å². The minimum atomic E-state index is -0.392. The van der Waals surface area contributed by atoms with Crippen molar-refractivity contribution in [3.05, 3.63) is 57.5 Å². The smallest absolute Gasteiger partial charge is 0.318 e. The van der Waals surface area contributed by atoms with Gasteiger partial charge >= 0.3 is 6.03 Å². The van der Waals surface area contributed by atoms with Crippen molar-refractivity contribution in [1.29, 1.82) is 0 Å². The normalized spacial score (nSPS) is 11.5. The van der Waals surface area contributed by atoms with Crippen LogP contribution in [0.25, 0.3) is 0 Å². The fraction of sp³-hybridized carbons (Fsp3) is 0.500. The van der Waals surface area contributed by atoms with E-state index in [1.807, 2.05) is 53.0 Å². The molecular weight excluding hydrogens is 413 g/mol. The van der Waals surface area contributed by atoms with Crippen LogP contribution in [0.2, 0.25) is 0 Å². The Morgan fingerprint density at radius 3 is 2.23 bits per heavy atom. The highest BCUT2D eigenvalue weighted by Crippen LogP contribution is 2.20. The molecule has 0 bridgehead atoms. The van der Waals surface area contributed by atoms with E-state index in [2.05, 4.69) is 5.32 Å². The predicted molar refractivity (Wildman–Crippen MR) is 124 cm³/mol. The molecule has 1 aromatic carbocycles. The third-order valence-corrected chi connectivity index (χ3v) is 5.63. The van der Waals surface area contributed by atoms with Crippen LogP contribution in [0.4, 0.5) is 9.18 Å². The molecule has 31 heavy (non-hydrogen) atoms. The van der Waals surface area contributed by atoms with Gasteiger partial charge < -0.3 is 15.1 Å². The van der Waals surface area contributed by atoms with Gasteiger partial charge in [-0.25, -0.2) is 9.18 Å². The van der Waals surface area contributed by atoms with Crippen LogP contribution in [0, 0.1) is 18.7 Å². The fourth-order valence-corrected chi connectivity index (χ4v) is 4.03. The van der Waals surface area contributed by atoms with Gasteiger partial charge in [0.2, 0.25) is 5.91 Å². The molecule has 1 heterocycles. The van der Waals surface area contributed by atoms with Gasteiger partial charge in [0.1, 0.15) is 12.4 Å². The zero-order valence-corrected chi connectivity index (χ0v) is 20.2. The molecule has 7 heteroatoms. The number of aryl methyl sites for hydroxylation is 1. The third-order valence-electron chi connectivity index (χ3n) is 4.62. The standard InChI is InChI=1S/C24H34FN3O2S/c1-17(2)13-28(23(30)26-24(4,5)6)16-22(29)27(15-21-18(3)11-12-31-21)14-19-7-9-20(25)10-8-19/h7-12,17H,13-16H2,1-6H3,(H,26,30). The number of hydrogen-bond acceptors (Lipinski definition) is 3. The first kappa shape index (κ1) is 24.9. The molecular formula is C24H34FN3O2S. The number of hydrogen-bond donors (Lipinski definition) is 1. The molecule has 0 aliphatic carbocycles. The Hall–Kier alpha value is -2.41. The van der Waals surface area contributed by atoms with Crippen LogP contribution in [0.1, 0.15) is 50.6 Å². The van der Waals surface area contributed by atoms with Gasteiger partial charge in [-0.05, 0) is 68.3 Å². The summed E-state index contributed by atoms with van der Waals surface area (Å²) in [5, 5.41) is 4.96. The molecule has 0 saturated heterocycles. The van der Waals surface area contributed by atoms with E-state index in [1.165, 1.54) is 12.1 Å². The number of thiophene rings is 1. The van der Waals surface area contributed by atoms with E-state index in [-0.39, 0.29) is 30.2 Å². The Balaban J connectivity index is 2.22. The van der Waals surface area contributed by atoms with E-state index in [1.54, 1.807) is 33.3 Å². The van der Waals surface area contributed by atoms with Crippen LogP contribution in [-0.4, -0.2) is 40.4 Å². The molecule has 0 aliphatic rings. The molecule has 170 valence electrons. The van der Waals surface area contributed by atoms with Crippen molar-refractivity contribution in [2.45, 2.75) is 60.2 Å². The summed E-state index contributed by atoms with van der Waals surface area (Å²) in [6, 6.07) is 7.96. The molecule has 5 nitrogen and oxygen atoms in total. The maximum atomic E-state index is 13.3. The maximum absolute atomic E-state index is 13.3. The topological polar surface area (TPSA) is 52.7 Å². The summed E-state index contributed by atoms with van der Waals surface area (Å²) in [6.45, 7) is 13.1. The van der Waals surface area contributed by atoms with Crippen LogP contribution in [0.15, 0.2) is 35.7 Å². The molecule has 0 radical (unpaired) electrons. The molecule has 0 aliphatic heterocycles. The lowest BCUT2D eigenvalue weighted by Gasteiger charge is -2.31. The first-order chi connectivity index (χ1) is 14.4. The van der Waals surface area contributed by atoms with E-state index in [0.717, 1.165) is 16.0 Å². The SMILES string of the molecule is Cc1ccsc1CN(Cc1ccc(F)cc1)C(=O)CN(CC(C)C)C(=O)NC(C)(C)C. The Bertz CT molecular complexity index is 872. The van der Waals surface area contributed by atoms with Gasteiger partial charge in [0.25, 0.3) is 0 Å². The number of benzene rings is 1. The number of carbonyl (C=O) groups is 2. The number of urea groups is 1. The van der Waals surface area contributed by atoms with E-state index < -0.39 is 5.54 Å². The van der Waals surface area contributed by atoms with E-state index in [0.29, 0.717) is 19.6 Å². The summed E-state index contributed by atoms with van der Waals surface area (Å²) in [5.41, 5.74) is 1.59. The summed E-state index contributed by atoms with van der Waals surface area (Å²) in [5.74, 6) is -0.219. The highest BCUT2D eigenvalue weighted by Gasteiger charge is 2.25. The molecule has 2 aromatic rings. The summed E-state index contributed by atoms with van der Waals surface area (Å²) in [4.78, 5) is 30.6. The van der Waals surface area contributed by atoms with Gasteiger partial charge in [-0.2, -0.15) is 0 Å². The second-order valence-corrected chi connectivity index (χ2v) is 10.4. The molecule has 2 rings (SSSR count). The van der Waals surface area contributed by atoms with Gasteiger partial charge in [-0.3, -0.25) is 4.79 Å². The van der Waals surface area contributed by atoms with Crippen molar-refractivity contribution in [1.82, 2.24) is 15.1 Å². The minimum Gasteiger partial charge on any atom is -0.333 e. The number of halogens is 1. The number of carbonyl (C=O) groups excluding carboxylic acids is 2. The number of rotatable bonds is 8. The predicted octanol–water partition coefficient (Wildman–Crippen LogP) is 5.19. The van der Waals surface area contributed by atoms with Crippen molar-refractivity contribution in [2.24, 2.45) is 5.92 Å². The van der Waals surface area contributed by atoms with Gasteiger partial charge in [-0.1, -0.05) is 26.0 Å². The first-order valence-electron chi connectivity index (χ1n) is 10.6. The van der Waals surface area contributed by atoms with Gasteiger partial charge in [0.15, 0.2) is 0 Å². The Labute approximate surface area is 189 Å². The Morgan fingerprint density at radius 2 is 1.71 bits per heavy atom. The molecule has 1 aromatic heterocycles. The zero-order valence-electron chi connectivity index (χ0n) is 19.4. The fourth-order valence-electron chi connectivity index (χ4n) is 3.11. The maximum Gasteiger partial charge on any atom is 0.318 e. The van der Waals surface area contributed by atoms with Crippen LogP contribution < -0.4 is 5.32 Å². The van der Waals surface area contributed by atoms with E-state index >= 15 is 0 Å². The first-order valence-corrected chi connectivity index (χ1v) is 11.4. The molecule has 1 N–H and O–H groups in total. The van der Waals surface area contributed by atoms with E-state index in [4.69, 9.17) is 0 Å². The summed E-state index contributed by atoms with van der Waals surface area (Å²) >= 11 is 1.61. The van der Waals surface area contributed by atoms with Crippen molar-refractivity contribution in [3.63, 3.8) is 0 Å². The average molecular weight is 448 g/mol.